The van der Waals surface area contributed by atoms with Crippen LogP contribution in [-0.4, -0.2) is 4.98 Å². The van der Waals surface area contributed by atoms with Gasteiger partial charge in [0, 0.05) is 11.8 Å². The van der Waals surface area contributed by atoms with Crippen molar-refractivity contribution in [2.24, 2.45) is 0 Å². The van der Waals surface area contributed by atoms with Crippen molar-refractivity contribution >= 4 is 0 Å². The second kappa shape index (κ2) is 3.58. The number of nitrogens with zero attached hydrogens (tertiary/aromatic N) is 1. The second-order valence-electron chi connectivity index (χ2n) is 3.06. The zero-order valence-corrected chi connectivity index (χ0v) is 7.79. The van der Waals surface area contributed by atoms with Crippen molar-refractivity contribution in [2.75, 3.05) is 0 Å². The van der Waals surface area contributed by atoms with Gasteiger partial charge < -0.3 is 0 Å². The molecule has 0 saturated carbocycles. The van der Waals surface area contributed by atoms with Gasteiger partial charge in [0.2, 0.25) is 5.95 Å². The normalized spacial score (nSPS) is 10.1. The minimum atomic E-state index is -0.407. The monoisotopic (exact) mass is 186 g/mol. The molecule has 2 rings (SSSR count). The maximum atomic E-state index is 13.1. The Morgan fingerprint density at radius 2 is 1.93 bits per heavy atom. The van der Waals surface area contributed by atoms with Gasteiger partial charge >= 0.3 is 0 Å². The molecule has 2 heteroatoms. The van der Waals surface area contributed by atoms with E-state index in [0.29, 0.717) is 5.56 Å². The lowest BCUT2D eigenvalue weighted by Gasteiger charge is -2.05. The molecule has 1 nitrogen and oxygen atoms in total. The molecule has 0 saturated heterocycles. The summed E-state index contributed by atoms with van der Waals surface area (Å²) in [6.45, 7) is 1.73. The first-order valence-corrected chi connectivity index (χ1v) is 4.36. The highest BCUT2D eigenvalue weighted by Crippen LogP contribution is 2.22. The van der Waals surface area contributed by atoms with Gasteiger partial charge in [0.1, 0.15) is 0 Å². The third kappa shape index (κ3) is 1.51. The van der Waals surface area contributed by atoms with Crippen LogP contribution in [0.5, 0.6) is 0 Å². The quantitative estimate of drug-likeness (QED) is 0.624. The van der Waals surface area contributed by atoms with Crippen LogP contribution in [0.4, 0.5) is 4.39 Å². The average Bonchev–Trinajstić information content (AvgIpc) is 2.23. The number of benzene rings is 1. The summed E-state index contributed by atoms with van der Waals surface area (Å²) in [7, 11) is 0. The molecule has 0 aliphatic heterocycles. The van der Waals surface area contributed by atoms with Gasteiger partial charge in [-0.1, -0.05) is 24.3 Å². The molecule has 0 aliphatic rings. The Hall–Kier alpha value is -1.70. The largest absolute Gasteiger partial charge is 0.228 e. The highest BCUT2D eigenvalue weighted by Gasteiger charge is 2.05. The zero-order chi connectivity index (χ0) is 9.97. The predicted molar refractivity (Wildman–Crippen MR) is 53.2 cm³/mol. The number of aromatic nitrogens is 1. The molecule has 0 amide bonds. The van der Waals surface area contributed by atoms with E-state index in [0.717, 1.165) is 11.1 Å². The van der Waals surface area contributed by atoms with Crippen molar-refractivity contribution in [1.29, 1.82) is 0 Å². The maximum Gasteiger partial charge on any atom is 0.216 e. The minimum absolute atomic E-state index is 0.407. The van der Waals surface area contributed by atoms with Crippen LogP contribution in [-0.2, 0) is 0 Å². The molecule has 1 aromatic heterocycles. The third-order valence-corrected chi connectivity index (χ3v) is 2.17. The lowest BCUT2D eigenvalue weighted by Crippen LogP contribution is -1.90. The Bertz CT molecular complexity index is 437. The van der Waals surface area contributed by atoms with E-state index in [2.05, 4.69) is 11.1 Å². The molecule has 0 unspecified atom stereocenters. The smallest absolute Gasteiger partial charge is 0.216 e. The van der Waals surface area contributed by atoms with E-state index >= 15 is 0 Å². The van der Waals surface area contributed by atoms with Crippen molar-refractivity contribution in [3.63, 3.8) is 0 Å². The lowest BCUT2D eigenvalue weighted by atomic mass is 10.0. The molecule has 69 valence electrons. The van der Waals surface area contributed by atoms with Crippen LogP contribution in [0.3, 0.4) is 0 Å². The summed E-state index contributed by atoms with van der Waals surface area (Å²) >= 11 is 0. The van der Waals surface area contributed by atoms with E-state index in [4.69, 9.17) is 0 Å². The minimum Gasteiger partial charge on any atom is -0.228 e. The van der Waals surface area contributed by atoms with Crippen LogP contribution in [0.15, 0.2) is 36.5 Å². The first kappa shape index (κ1) is 8.88. The topological polar surface area (TPSA) is 12.9 Å². The van der Waals surface area contributed by atoms with Crippen molar-refractivity contribution in [3.8, 4) is 11.1 Å². The molecule has 0 atom stereocenters. The van der Waals surface area contributed by atoms with E-state index in [1.807, 2.05) is 30.3 Å². The Morgan fingerprint density at radius 1 is 1.21 bits per heavy atom. The number of hydrogen-bond acceptors (Lipinski definition) is 1. The SMILES string of the molecule is Cc1c(-c2cc[c]cc2)ccnc1F. The highest BCUT2D eigenvalue weighted by molar-refractivity contribution is 5.66. The van der Waals surface area contributed by atoms with Crippen LogP contribution in [0.1, 0.15) is 5.56 Å². The highest BCUT2D eigenvalue weighted by atomic mass is 19.1. The molecule has 1 heterocycles. The van der Waals surface area contributed by atoms with Crippen molar-refractivity contribution in [1.82, 2.24) is 4.98 Å². The fourth-order valence-electron chi connectivity index (χ4n) is 1.39. The standard InChI is InChI=1S/C12H9FN/c1-9-11(7-8-14-12(9)13)10-5-3-2-4-6-10/h3-8H,1H3. The van der Waals surface area contributed by atoms with E-state index in [1.54, 1.807) is 6.92 Å². The number of halogens is 1. The Labute approximate surface area is 82.2 Å². The summed E-state index contributed by atoms with van der Waals surface area (Å²) < 4.78 is 13.1. The van der Waals surface area contributed by atoms with Crippen LogP contribution in [0.25, 0.3) is 11.1 Å². The third-order valence-electron chi connectivity index (χ3n) is 2.17. The Morgan fingerprint density at radius 3 is 2.64 bits per heavy atom. The fraction of sp³-hybridized carbons (Fsp3) is 0.0833. The van der Waals surface area contributed by atoms with Gasteiger partial charge in [-0.05, 0) is 30.2 Å². The van der Waals surface area contributed by atoms with E-state index in [9.17, 15) is 4.39 Å². The molecule has 0 bridgehead atoms. The van der Waals surface area contributed by atoms with Crippen LogP contribution < -0.4 is 0 Å². The Kier molecular flexibility index (Phi) is 2.27. The molecular weight excluding hydrogens is 177 g/mol. The summed E-state index contributed by atoms with van der Waals surface area (Å²) in [4.78, 5) is 3.59. The van der Waals surface area contributed by atoms with Gasteiger partial charge in [0.15, 0.2) is 0 Å². The molecule has 1 radical (unpaired) electrons. The number of hydrogen-bond donors (Lipinski definition) is 0. The average molecular weight is 186 g/mol. The van der Waals surface area contributed by atoms with Gasteiger partial charge in [-0.2, -0.15) is 4.39 Å². The van der Waals surface area contributed by atoms with Gasteiger partial charge in [-0.15, -0.1) is 0 Å². The van der Waals surface area contributed by atoms with E-state index in [-0.39, 0.29) is 0 Å². The zero-order valence-electron chi connectivity index (χ0n) is 7.79. The Balaban J connectivity index is 2.58. The van der Waals surface area contributed by atoms with Gasteiger partial charge in [0.25, 0.3) is 0 Å². The molecular formula is C12H9FN. The van der Waals surface area contributed by atoms with Crippen molar-refractivity contribution in [2.45, 2.75) is 6.92 Å². The lowest BCUT2D eigenvalue weighted by molar-refractivity contribution is 0.575. The molecule has 0 N–H and O–H groups in total. The first-order valence-electron chi connectivity index (χ1n) is 4.36. The maximum absolute atomic E-state index is 13.1. The number of pyridine rings is 1. The predicted octanol–water partition coefficient (Wildman–Crippen LogP) is 3.00. The summed E-state index contributed by atoms with van der Waals surface area (Å²) in [5, 5.41) is 0. The van der Waals surface area contributed by atoms with Crippen LogP contribution >= 0.6 is 0 Å². The summed E-state index contributed by atoms with van der Waals surface area (Å²) in [5.74, 6) is -0.407. The van der Waals surface area contributed by atoms with E-state index < -0.39 is 5.95 Å². The number of rotatable bonds is 1. The fourth-order valence-corrected chi connectivity index (χ4v) is 1.39. The second-order valence-corrected chi connectivity index (χ2v) is 3.06. The molecule has 0 aliphatic carbocycles. The first-order chi connectivity index (χ1) is 6.79. The molecule has 14 heavy (non-hydrogen) atoms. The van der Waals surface area contributed by atoms with Crippen molar-refractivity contribution in [3.05, 3.63) is 54.1 Å². The van der Waals surface area contributed by atoms with Gasteiger partial charge in [-0.3, -0.25) is 0 Å². The summed E-state index contributed by atoms with van der Waals surface area (Å²) in [6, 6.07) is 12.2. The van der Waals surface area contributed by atoms with Crippen LogP contribution in [0.2, 0.25) is 0 Å². The van der Waals surface area contributed by atoms with Gasteiger partial charge in [-0.25, -0.2) is 4.98 Å². The van der Waals surface area contributed by atoms with Crippen LogP contribution in [0, 0.1) is 18.9 Å². The van der Waals surface area contributed by atoms with Gasteiger partial charge in [0.05, 0.1) is 0 Å². The molecule has 0 spiro atoms. The van der Waals surface area contributed by atoms with E-state index in [1.165, 1.54) is 6.20 Å². The summed E-state index contributed by atoms with van der Waals surface area (Å²) in [5.41, 5.74) is 2.45. The molecule has 1 aromatic carbocycles. The van der Waals surface area contributed by atoms with Crippen molar-refractivity contribution < 1.29 is 4.39 Å². The summed E-state index contributed by atoms with van der Waals surface area (Å²) in [6.07, 6.45) is 1.48. The molecule has 0 fully saturated rings. The molecule has 2 aromatic rings.